The lowest BCUT2D eigenvalue weighted by atomic mass is 10.4. The number of rotatable bonds is 3. The molecule has 0 aliphatic heterocycles. The largest absolute Gasteiger partial charge is 0.327 e. The second-order valence-electron chi connectivity index (χ2n) is 3.67. The zero-order valence-corrected chi connectivity index (χ0v) is 10.5. The van der Waals surface area contributed by atoms with Gasteiger partial charge in [0, 0.05) is 13.2 Å². The van der Waals surface area contributed by atoms with E-state index in [-0.39, 0.29) is 10.6 Å². The number of nitrogens with zero attached hydrogens (tertiary/aromatic N) is 1. The van der Waals surface area contributed by atoms with Crippen LogP contribution in [0, 0.1) is 0 Å². The molecule has 0 bridgehead atoms. The van der Waals surface area contributed by atoms with Gasteiger partial charge >= 0.3 is 0 Å². The molecular formula is C12H12N2O3S. The molecule has 0 saturated heterocycles. The monoisotopic (exact) mass is 264 g/mol. The predicted octanol–water partition coefficient (Wildman–Crippen LogP) is 1.20. The molecule has 0 fully saturated rings. The first-order valence-corrected chi connectivity index (χ1v) is 6.69. The van der Waals surface area contributed by atoms with E-state index in [1.165, 1.54) is 31.4 Å². The number of aromatic nitrogens is 1. The summed E-state index contributed by atoms with van der Waals surface area (Å²) >= 11 is 0. The van der Waals surface area contributed by atoms with Crippen LogP contribution >= 0.6 is 0 Å². The first-order valence-electron chi connectivity index (χ1n) is 5.25. The summed E-state index contributed by atoms with van der Waals surface area (Å²) in [6.45, 7) is 0. The minimum Gasteiger partial charge on any atom is -0.327 e. The van der Waals surface area contributed by atoms with E-state index in [0.717, 1.165) is 4.31 Å². The molecule has 5 nitrogen and oxygen atoms in total. The molecular weight excluding hydrogens is 252 g/mol. The van der Waals surface area contributed by atoms with Gasteiger partial charge < -0.3 is 4.98 Å². The van der Waals surface area contributed by atoms with E-state index >= 15 is 0 Å². The van der Waals surface area contributed by atoms with E-state index in [9.17, 15) is 13.2 Å². The summed E-state index contributed by atoms with van der Waals surface area (Å²) in [7, 11) is -2.35. The number of anilines is 1. The highest BCUT2D eigenvalue weighted by Gasteiger charge is 2.22. The van der Waals surface area contributed by atoms with Crippen molar-refractivity contribution in [1.82, 2.24) is 4.98 Å². The second kappa shape index (κ2) is 4.66. The molecule has 6 heteroatoms. The summed E-state index contributed by atoms with van der Waals surface area (Å²) < 4.78 is 25.5. The lowest BCUT2D eigenvalue weighted by Gasteiger charge is -2.18. The first kappa shape index (κ1) is 12.4. The van der Waals surface area contributed by atoms with Crippen molar-refractivity contribution >= 4 is 15.7 Å². The van der Waals surface area contributed by atoms with Crippen molar-refractivity contribution in [3.05, 3.63) is 59.0 Å². The van der Waals surface area contributed by atoms with Crippen LogP contribution in [0.5, 0.6) is 0 Å². The third-order valence-corrected chi connectivity index (χ3v) is 4.32. The lowest BCUT2D eigenvalue weighted by molar-refractivity contribution is 0.594. The Kier molecular flexibility index (Phi) is 3.20. The zero-order chi connectivity index (χ0) is 13.2. The van der Waals surface area contributed by atoms with Crippen LogP contribution in [0.3, 0.4) is 0 Å². The van der Waals surface area contributed by atoms with Crippen LogP contribution in [0.2, 0.25) is 0 Å². The molecule has 2 aromatic rings. The molecule has 1 N–H and O–H groups in total. The van der Waals surface area contributed by atoms with E-state index in [4.69, 9.17) is 0 Å². The molecule has 1 aromatic heterocycles. The van der Waals surface area contributed by atoms with Crippen LogP contribution in [0.1, 0.15) is 0 Å². The Bertz CT molecular complexity index is 693. The summed E-state index contributed by atoms with van der Waals surface area (Å²) in [4.78, 5) is 14.2. The number of hydrogen-bond acceptors (Lipinski definition) is 3. The number of sulfonamides is 1. The highest BCUT2D eigenvalue weighted by Crippen LogP contribution is 2.17. The maximum Gasteiger partial charge on any atom is 0.272 e. The van der Waals surface area contributed by atoms with Gasteiger partial charge in [-0.15, -0.1) is 0 Å². The van der Waals surface area contributed by atoms with Gasteiger partial charge in [0.05, 0.1) is 4.90 Å². The molecule has 0 atom stereocenters. The van der Waals surface area contributed by atoms with Crippen molar-refractivity contribution in [2.45, 2.75) is 4.90 Å². The summed E-state index contributed by atoms with van der Waals surface area (Å²) in [5.74, 6) is 0. The van der Waals surface area contributed by atoms with Crippen molar-refractivity contribution < 1.29 is 8.42 Å². The Balaban J connectivity index is 2.50. The molecule has 18 heavy (non-hydrogen) atoms. The topological polar surface area (TPSA) is 70.2 Å². The molecule has 0 amide bonds. The predicted molar refractivity (Wildman–Crippen MR) is 69.1 cm³/mol. The maximum atomic E-state index is 12.3. The Morgan fingerprint density at radius 1 is 1.06 bits per heavy atom. The van der Waals surface area contributed by atoms with Crippen LogP contribution in [-0.2, 0) is 10.0 Å². The molecule has 0 spiro atoms. The molecule has 0 radical (unpaired) electrons. The number of benzene rings is 1. The number of aromatic amines is 1. The standard InChI is InChI=1S/C12H12N2O3S/c1-14(11-8-5-9-13-12(11)15)18(16,17)10-6-3-2-4-7-10/h2-9H,1H3,(H,13,15). The average molecular weight is 264 g/mol. The van der Waals surface area contributed by atoms with Gasteiger partial charge in [-0.2, -0.15) is 0 Å². The minimum absolute atomic E-state index is 0.0846. The number of nitrogens with one attached hydrogen (secondary N) is 1. The van der Waals surface area contributed by atoms with Crippen molar-refractivity contribution in [1.29, 1.82) is 0 Å². The summed E-state index contributed by atoms with van der Waals surface area (Å²) in [5, 5.41) is 0. The fourth-order valence-electron chi connectivity index (χ4n) is 1.54. The molecule has 0 saturated carbocycles. The Morgan fingerprint density at radius 3 is 2.33 bits per heavy atom. The fraction of sp³-hybridized carbons (Fsp3) is 0.0833. The Labute approximate surface area is 105 Å². The summed E-state index contributed by atoms with van der Waals surface area (Å²) in [5.41, 5.74) is -0.360. The van der Waals surface area contributed by atoms with Gasteiger partial charge in [0.15, 0.2) is 0 Å². The SMILES string of the molecule is CN(c1ccc[nH]c1=O)S(=O)(=O)c1ccccc1. The van der Waals surface area contributed by atoms with Gasteiger partial charge in [-0.1, -0.05) is 18.2 Å². The normalized spacial score (nSPS) is 11.2. The third-order valence-electron chi connectivity index (χ3n) is 2.54. The van der Waals surface area contributed by atoms with E-state index in [1.807, 2.05) is 0 Å². The minimum atomic E-state index is -3.70. The van der Waals surface area contributed by atoms with E-state index in [2.05, 4.69) is 4.98 Å². The van der Waals surface area contributed by atoms with Crippen molar-refractivity contribution in [2.24, 2.45) is 0 Å². The van der Waals surface area contributed by atoms with Crippen molar-refractivity contribution in [3.63, 3.8) is 0 Å². The molecule has 1 aromatic carbocycles. The second-order valence-corrected chi connectivity index (χ2v) is 5.64. The van der Waals surface area contributed by atoms with Gasteiger partial charge in [-0.05, 0) is 24.3 Å². The number of pyridine rings is 1. The first-order chi connectivity index (χ1) is 8.53. The van der Waals surface area contributed by atoms with Crippen LogP contribution in [0.4, 0.5) is 5.69 Å². The van der Waals surface area contributed by atoms with Crippen LogP contribution in [0.15, 0.2) is 58.4 Å². The van der Waals surface area contributed by atoms with Crippen LogP contribution in [-0.4, -0.2) is 20.4 Å². The van der Waals surface area contributed by atoms with E-state index in [1.54, 1.807) is 24.3 Å². The molecule has 94 valence electrons. The highest BCUT2D eigenvalue weighted by molar-refractivity contribution is 7.92. The van der Waals surface area contributed by atoms with E-state index in [0.29, 0.717) is 0 Å². The molecule has 1 heterocycles. The molecule has 0 aliphatic carbocycles. The van der Waals surface area contributed by atoms with Gasteiger partial charge in [0.25, 0.3) is 15.6 Å². The molecule has 0 unspecified atom stereocenters. The maximum absolute atomic E-state index is 12.3. The van der Waals surface area contributed by atoms with Gasteiger partial charge in [-0.25, -0.2) is 8.42 Å². The fourth-order valence-corrected chi connectivity index (χ4v) is 2.76. The Morgan fingerprint density at radius 2 is 1.72 bits per heavy atom. The number of H-pyrrole nitrogens is 1. The smallest absolute Gasteiger partial charge is 0.272 e. The highest BCUT2D eigenvalue weighted by atomic mass is 32.2. The zero-order valence-electron chi connectivity index (χ0n) is 9.70. The number of hydrogen-bond donors (Lipinski definition) is 1. The van der Waals surface area contributed by atoms with Crippen LogP contribution in [0.25, 0.3) is 0 Å². The van der Waals surface area contributed by atoms with Crippen molar-refractivity contribution in [2.75, 3.05) is 11.4 Å². The van der Waals surface area contributed by atoms with Crippen LogP contribution < -0.4 is 9.86 Å². The van der Waals surface area contributed by atoms with E-state index < -0.39 is 15.6 Å². The summed E-state index contributed by atoms with van der Waals surface area (Å²) in [6, 6.07) is 11.0. The van der Waals surface area contributed by atoms with Crippen molar-refractivity contribution in [3.8, 4) is 0 Å². The summed E-state index contributed by atoms with van der Waals surface area (Å²) in [6.07, 6.45) is 1.45. The third kappa shape index (κ3) is 2.14. The molecule has 0 aliphatic rings. The average Bonchev–Trinajstić information content (AvgIpc) is 2.39. The quantitative estimate of drug-likeness (QED) is 0.905. The lowest BCUT2D eigenvalue weighted by Crippen LogP contribution is -2.31. The molecule has 2 rings (SSSR count). The van der Waals surface area contributed by atoms with Gasteiger partial charge in [0.2, 0.25) is 0 Å². The van der Waals surface area contributed by atoms with Gasteiger partial charge in [-0.3, -0.25) is 9.10 Å². The van der Waals surface area contributed by atoms with Gasteiger partial charge in [0.1, 0.15) is 5.69 Å². The Hall–Kier alpha value is -2.08.